The van der Waals surface area contributed by atoms with Gasteiger partial charge in [0.15, 0.2) is 0 Å². The highest BCUT2D eigenvalue weighted by atomic mass is 35.5. The third-order valence-corrected chi connectivity index (χ3v) is 7.33. The zero-order valence-electron chi connectivity index (χ0n) is 21.3. The van der Waals surface area contributed by atoms with E-state index in [0.717, 1.165) is 33.7 Å². The van der Waals surface area contributed by atoms with Gasteiger partial charge in [-0.2, -0.15) is 0 Å². The third kappa shape index (κ3) is 7.97. The summed E-state index contributed by atoms with van der Waals surface area (Å²) in [6.07, 6.45) is 2.21. The topological polar surface area (TPSA) is 86.8 Å². The normalized spacial score (nSPS) is 13.1. The van der Waals surface area contributed by atoms with Crippen LogP contribution in [0, 0.1) is 13.8 Å². The van der Waals surface area contributed by atoms with Gasteiger partial charge in [0.2, 0.25) is 21.8 Å². The Morgan fingerprint density at radius 1 is 1.03 bits per heavy atom. The Morgan fingerprint density at radius 3 is 2.17 bits per heavy atom. The van der Waals surface area contributed by atoms with Crippen molar-refractivity contribution in [3.05, 3.63) is 64.2 Å². The molecule has 2 aromatic carbocycles. The number of anilines is 1. The first-order valence-corrected chi connectivity index (χ1v) is 14.0. The monoisotopic (exact) mass is 521 g/mol. The first-order chi connectivity index (χ1) is 16.4. The van der Waals surface area contributed by atoms with E-state index in [4.69, 9.17) is 11.6 Å². The second kappa shape index (κ2) is 12.4. The van der Waals surface area contributed by atoms with Crippen molar-refractivity contribution in [1.82, 2.24) is 10.2 Å². The largest absolute Gasteiger partial charge is 0.352 e. The zero-order chi connectivity index (χ0) is 26.3. The van der Waals surface area contributed by atoms with E-state index in [0.29, 0.717) is 17.1 Å². The fourth-order valence-electron chi connectivity index (χ4n) is 3.83. The number of amides is 2. The van der Waals surface area contributed by atoms with Crippen LogP contribution in [-0.4, -0.2) is 50.0 Å². The molecule has 0 saturated heterocycles. The van der Waals surface area contributed by atoms with Crippen LogP contribution in [0.3, 0.4) is 0 Å². The van der Waals surface area contributed by atoms with Gasteiger partial charge in [0.1, 0.15) is 12.6 Å². The molecule has 2 rings (SSSR count). The van der Waals surface area contributed by atoms with E-state index in [1.807, 2.05) is 46.8 Å². The van der Waals surface area contributed by atoms with Crippen LogP contribution in [0.25, 0.3) is 0 Å². The smallest absolute Gasteiger partial charge is 0.244 e. The van der Waals surface area contributed by atoms with E-state index in [-0.39, 0.29) is 18.5 Å². The molecule has 0 unspecified atom stereocenters. The van der Waals surface area contributed by atoms with Gasteiger partial charge in [-0.1, -0.05) is 55.3 Å². The van der Waals surface area contributed by atoms with Crippen molar-refractivity contribution in [3.8, 4) is 0 Å². The molecule has 2 amide bonds. The molecule has 0 radical (unpaired) electrons. The molecule has 192 valence electrons. The Kier molecular flexibility index (Phi) is 10.2. The molecule has 0 spiro atoms. The van der Waals surface area contributed by atoms with Gasteiger partial charge >= 0.3 is 0 Å². The molecule has 0 aliphatic carbocycles. The second-order valence-electron chi connectivity index (χ2n) is 8.95. The molecule has 35 heavy (non-hydrogen) atoms. The number of benzene rings is 2. The second-order valence-corrected chi connectivity index (χ2v) is 11.3. The summed E-state index contributed by atoms with van der Waals surface area (Å²) in [7, 11) is -3.77. The molecule has 0 bridgehead atoms. The molecule has 0 aliphatic rings. The van der Waals surface area contributed by atoms with Crippen molar-refractivity contribution in [2.45, 2.75) is 66.1 Å². The Labute approximate surface area is 214 Å². The molecule has 9 heteroatoms. The van der Waals surface area contributed by atoms with Crippen molar-refractivity contribution < 1.29 is 18.0 Å². The Morgan fingerprint density at radius 2 is 1.66 bits per heavy atom. The van der Waals surface area contributed by atoms with E-state index in [1.54, 1.807) is 30.3 Å². The number of hydrogen-bond donors (Lipinski definition) is 1. The molecule has 7 nitrogen and oxygen atoms in total. The maximum Gasteiger partial charge on any atom is 0.244 e. The van der Waals surface area contributed by atoms with Crippen molar-refractivity contribution in [1.29, 1.82) is 0 Å². The lowest BCUT2D eigenvalue weighted by Crippen LogP contribution is -2.53. The number of carbonyl (C=O) groups excluding carboxylic acids is 2. The summed E-state index contributed by atoms with van der Waals surface area (Å²) in [6.45, 7) is 9.17. The Hall–Kier alpha value is -2.58. The van der Waals surface area contributed by atoms with E-state index in [2.05, 4.69) is 5.32 Å². The average Bonchev–Trinajstić information content (AvgIpc) is 2.78. The number of carbonyl (C=O) groups is 2. The first kappa shape index (κ1) is 28.7. The predicted molar refractivity (Wildman–Crippen MR) is 142 cm³/mol. The van der Waals surface area contributed by atoms with E-state index >= 15 is 0 Å². The summed E-state index contributed by atoms with van der Waals surface area (Å²) in [5.74, 6) is -0.724. The van der Waals surface area contributed by atoms with E-state index in [1.165, 1.54) is 4.90 Å². The minimum atomic E-state index is -3.77. The van der Waals surface area contributed by atoms with Crippen molar-refractivity contribution in [3.63, 3.8) is 0 Å². The lowest BCUT2D eigenvalue weighted by Gasteiger charge is -2.33. The highest BCUT2D eigenvalue weighted by Crippen LogP contribution is 2.24. The van der Waals surface area contributed by atoms with Crippen molar-refractivity contribution in [2.75, 3.05) is 17.1 Å². The van der Waals surface area contributed by atoms with Crippen LogP contribution in [0.15, 0.2) is 42.5 Å². The summed E-state index contributed by atoms with van der Waals surface area (Å²) < 4.78 is 26.6. The van der Waals surface area contributed by atoms with E-state index in [9.17, 15) is 18.0 Å². The summed E-state index contributed by atoms with van der Waals surface area (Å²) in [4.78, 5) is 28.3. The van der Waals surface area contributed by atoms with Gasteiger partial charge in [0, 0.05) is 17.6 Å². The number of halogens is 1. The number of sulfonamides is 1. The van der Waals surface area contributed by atoms with Gasteiger partial charge in [0.25, 0.3) is 0 Å². The molecule has 0 aromatic heterocycles. The molecular weight excluding hydrogens is 486 g/mol. The van der Waals surface area contributed by atoms with Gasteiger partial charge in [-0.15, -0.1) is 0 Å². The van der Waals surface area contributed by atoms with Crippen LogP contribution in [0.1, 0.15) is 50.3 Å². The minimum Gasteiger partial charge on any atom is -0.352 e. The Bertz CT molecular complexity index is 1140. The number of nitrogens with one attached hydrogen (secondary N) is 1. The Balaban J connectivity index is 2.46. The number of nitrogens with zero attached hydrogens (tertiary/aromatic N) is 2. The van der Waals surface area contributed by atoms with Crippen molar-refractivity contribution in [2.24, 2.45) is 0 Å². The first-order valence-electron chi connectivity index (χ1n) is 11.8. The van der Waals surface area contributed by atoms with Gasteiger partial charge < -0.3 is 10.2 Å². The number of aryl methyl sites for hydroxylation is 2. The van der Waals surface area contributed by atoms with Gasteiger partial charge in [-0.3, -0.25) is 13.9 Å². The van der Waals surface area contributed by atoms with Gasteiger partial charge in [-0.05, 0) is 62.9 Å². The number of hydrogen-bond acceptors (Lipinski definition) is 4. The fourth-order valence-corrected chi connectivity index (χ4v) is 4.86. The van der Waals surface area contributed by atoms with Gasteiger partial charge in [-0.25, -0.2) is 8.42 Å². The van der Waals surface area contributed by atoms with Crippen LogP contribution in [0.5, 0.6) is 0 Å². The minimum absolute atomic E-state index is 0.0493. The molecule has 0 heterocycles. The molecule has 1 N–H and O–H groups in total. The van der Waals surface area contributed by atoms with Crippen LogP contribution in [-0.2, 0) is 26.2 Å². The molecule has 2 atom stereocenters. The highest BCUT2D eigenvalue weighted by molar-refractivity contribution is 7.92. The summed E-state index contributed by atoms with van der Waals surface area (Å²) in [5, 5.41) is 3.52. The number of rotatable bonds is 11. The molecule has 0 aliphatic heterocycles. The molecule has 2 aromatic rings. The highest BCUT2D eigenvalue weighted by Gasteiger charge is 2.32. The quantitative estimate of drug-likeness (QED) is 0.473. The van der Waals surface area contributed by atoms with Gasteiger partial charge in [0.05, 0.1) is 11.9 Å². The van der Waals surface area contributed by atoms with Crippen LogP contribution in [0.4, 0.5) is 5.69 Å². The lowest BCUT2D eigenvalue weighted by molar-refractivity contribution is -0.140. The maximum atomic E-state index is 13.7. The summed E-state index contributed by atoms with van der Waals surface area (Å²) >= 11 is 6.02. The maximum absolute atomic E-state index is 13.7. The SMILES string of the molecule is CC[C@@H](C)NC(=O)[C@H](CC)N(Cc1ccc(Cl)cc1)C(=O)CN(c1ccc(C)cc1C)S(C)(=O)=O. The molecule has 0 fully saturated rings. The summed E-state index contributed by atoms with van der Waals surface area (Å²) in [5.41, 5.74) is 2.96. The fraction of sp³-hybridized carbons (Fsp3) is 0.462. The average molecular weight is 522 g/mol. The zero-order valence-corrected chi connectivity index (χ0v) is 22.9. The van der Waals surface area contributed by atoms with Crippen LogP contribution < -0.4 is 9.62 Å². The third-order valence-electron chi connectivity index (χ3n) is 5.95. The predicted octanol–water partition coefficient (Wildman–Crippen LogP) is 4.44. The standard InChI is InChI=1S/C26H36ClN3O4S/c1-7-20(5)28-26(32)23(8-2)29(16-21-10-12-22(27)13-11-21)25(31)17-30(35(6,33)34)24-14-9-18(3)15-19(24)4/h9-15,20,23H,7-8,16-17H2,1-6H3,(H,28,32)/t20-,23+/m1/s1. The molecular formula is C26H36ClN3O4S. The lowest BCUT2D eigenvalue weighted by atomic mass is 10.1. The summed E-state index contributed by atoms with van der Waals surface area (Å²) in [6, 6.07) is 11.6. The van der Waals surface area contributed by atoms with Crippen molar-refractivity contribution >= 4 is 39.1 Å². The van der Waals surface area contributed by atoms with Crippen LogP contribution in [0.2, 0.25) is 5.02 Å². The molecule has 0 saturated carbocycles. The van der Waals surface area contributed by atoms with Crippen LogP contribution >= 0.6 is 11.6 Å². The van der Waals surface area contributed by atoms with E-state index < -0.39 is 28.5 Å².